The van der Waals surface area contributed by atoms with Crippen LogP contribution in [0, 0.1) is 0 Å². The molecule has 0 fully saturated rings. The SMILES string of the molecule is Cn1ccnc1.NC(=O)I. The zero-order valence-corrected chi connectivity index (χ0v) is 7.65. The van der Waals surface area contributed by atoms with Crippen LogP contribution in [0.5, 0.6) is 0 Å². The molecular formula is C5H8IN3O. The van der Waals surface area contributed by atoms with Crippen LogP contribution in [0.4, 0.5) is 4.79 Å². The Hall–Kier alpha value is -0.590. The van der Waals surface area contributed by atoms with Crippen molar-refractivity contribution in [2.45, 2.75) is 0 Å². The Labute approximate surface area is 72.6 Å². The van der Waals surface area contributed by atoms with Crippen LogP contribution in [-0.2, 0) is 7.05 Å². The second-order valence-corrected chi connectivity index (χ2v) is 2.60. The van der Waals surface area contributed by atoms with Gasteiger partial charge in [-0.05, 0) is 0 Å². The van der Waals surface area contributed by atoms with E-state index in [2.05, 4.69) is 10.7 Å². The van der Waals surface area contributed by atoms with Gasteiger partial charge in [0.15, 0.2) is 0 Å². The van der Waals surface area contributed by atoms with E-state index in [1.807, 2.05) is 17.8 Å². The Balaban J connectivity index is 0.000000180. The maximum atomic E-state index is 9.21. The molecule has 1 aromatic rings. The van der Waals surface area contributed by atoms with Gasteiger partial charge in [-0.2, -0.15) is 0 Å². The van der Waals surface area contributed by atoms with Crippen molar-refractivity contribution in [3.63, 3.8) is 0 Å². The molecule has 0 saturated heterocycles. The molecule has 0 bridgehead atoms. The van der Waals surface area contributed by atoms with E-state index in [1.165, 1.54) is 22.6 Å². The lowest BCUT2D eigenvalue weighted by atomic mass is 10.9. The first-order valence-corrected chi connectivity index (χ1v) is 3.57. The predicted octanol–water partition coefficient (Wildman–Crippen LogP) is 0.920. The number of primary amides is 1. The molecule has 1 heterocycles. The Bertz CT molecular complexity index is 181. The number of imidazole rings is 1. The number of nitrogens with two attached hydrogens (primary N) is 1. The van der Waals surface area contributed by atoms with Crippen LogP contribution in [0.25, 0.3) is 0 Å². The molecule has 0 aliphatic rings. The smallest absolute Gasteiger partial charge is 0.278 e. The van der Waals surface area contributed by atoms with Gasteiger partial charge in [0.1, 0.15) is 0 Å². The van der Waals surface area contributed by atoms with Gasteiger partial charge in [-0.1, -0.05) is 0 Å². The second-order valence-electron chi connectivity index (χ2n) is 1.53. The molecule has 1 rings (SSSR count). The summed E-state index contributed by atoms with van der Waals surface area (Å²) in [4.78, 5) is 13.0. The van der Waals surface area contributed by atoms with Gasteiger partial charge in [-0.25, -0.2) is 4.98 Å². The summed E-state index contributed by atoms with van der Waals surface area (Å²) in [6.07, 6.45) is 5.39. The number of hydrogen-bond acceptors (Lipinski definition) is 2. The molecule has 0 saturated carbocycles. The third-order valence-electron chi connectivity index (χ3n) is 0.637. The summed E-state index contributed by atoms with van der Waals surface area (Å²) in [7, 11) is 1.94. The maximum absolute atomic E-state index is 9.21. The lowest BCUT2D eigenvalue weighted by Gasteiger charge is -1.76. The topological polar surface area (TPSA) is 60.9 Å². The van der Waals surface area contributed by atoms with Crippen LogP contribution in [0.3, 0.4) is 0 Å². The maximum Gasteiger partial charge on any atom is 0.278 e. The van der Waals surface area contributed by atoms with Crippen molar-refractivity contribution in [3.8, 4) is 0 Å². The zero-order valence-electron chi connectivity index (χ0n) is 5.49. The normalized spacial score (nSPS) is 7.80. The summed E-state index contributed by atoms with van der Waals surface area (Å²) in [5.74, 6) is 0. The molecule has 0 atom stereocenters. The second kappa shape index (κ2) is 5.21. The molecule has 0 aliphatic carbocycles. The fourth-order valence-corrected chi connectivity index (χ4v) is 0.326. The molecule has 1 amide bonds. The van der Waals surface area contributed by atoms with E-state index in [9.17, 15) is 4.79 Å². The summed E-state index contributed by atoms with van der Waals surface area (Å²) in [6.45, 7) is 0. The molecule has 0 spiro atoms. The minimum atomic E-state index is -0.363. The molecule has 56 valence electrons. The van der Waals surface area contributed by atoms with Crippen molar-refractivity contribution in [3.05, 3.63) is 18.7 Å². The van der Waals surface area contributed by atoms with Gasteiger partial charge < -0.3 is 10.3 Å². The molecule has 0 unspecified atom stereocenters. The molecule has 4 nitrogen and oxygen atoms in total. The Morgan fingerprint density at radius 3 is 2.40 bits per heavy atom. The third kappa shape index (κ3) is 7.41. The minimum absolute atomic E-state index is 0.363. The van der Waals surface area contributed by atoms with Crippen molar-refractivity contribution < 1.29 is 4.79 Å². The Morgan fingerprint density at radius 2 is 2.30 bits per heavy atom. The predicted molar refractivity (Wildman–Crippen MR) is 46.8 cm³/mol. The standard InChI is InChI=1S/C4H6N2.CH2INO/c1-6-3-2-5-4-6;2-1(3)4/h2-4H,1H3;(H2,3,4). The highest BCUT2D eigenvalue weighted by Crippen LogP contribution is 1.73. The van der Waals surface area contributed by atoms with Gasteiger partial charge in [-0.3, -0.25) is 4.79 Å². The lowest BCUT2D eigenvalue weighted by molar-refractivity contribution is 0.269. The van der Waals surface area contributed by atoms with Crippen LogP contribution in [0.15, 0.2) is 18.7 Å². The van der Waals surface area contributed by atoms with Gasteiger partial charge in [0.05, 0.1) is 6.33 Å². The monoisotopic (exact) mass is 253 g/mol. The van der Waals surface area contributed by atoms with Crippen LogP contribution < -0.4 is 5.73 Å². The lowest BCUT2D eigenvalue weighted by Crippen LogP contribution is -1.93. The molecule has 0 aromatic carbocycles. The number of carbonyl (C=O) groups excluding carboxylic acids is 1. The number of amides is 1. The van der Waals surface area contributed by atoms with E-state index >= 15 is 0 Å². The van der Waals surface area contributed by atoms with Crippen LogP contribution in [0.1, 0.15) is 0 Å². The van der Waals surface area contributed by atoms with E-state index in [0.717, 1.165) is 0 Å². The van der Waals surface area contributed by atoms with Gasteiger partial charge in [0, 0.05) is 42.0 Å². The van der Waals surface area contributed by atoms with Crippen molar-refractivity contribution >= 4 is 26.5 Å². The van der Waals surface area contributed by atoms with Gasteiger partial charge in [0.25, 0.3) is 3.91 Å². The molecule has 10 heavy (non-hydrogen) atoms. The van der Waals surface area contributed by atoms with Gasteiger partial charge in [-0.15, -0.1) is 0 Å². The molecule has 0 radical (unpaired) electrons. The van der Waals surface area contributed by atoms with E-state index < -0.39 is 0 Å². The summed E-state index contributed by atoms with van der Waals surface area (Å²) in [5.41, 5.74) is 4.46. The quantitative estimate of drug-likeness (QED) is 0.424. The fourth-order valence-electron chi connectivity index (χ4n) is 0.326. The first-order chi connectivity index (χ1) is 4.63. The van der Waals surface area contributed by atoms with Crippen molar-refractivity contribution in [2.24, 2.45) is 12.8 Å². The average molecular weight is 253 g/mol. The zero-order chi connectivity index (χ0) is 7.98. The summed E-state index contributed by atoms with van der Waals surface area (Å²) >= 11 is 1.48. The number of carbonyl (C=O) groups is 1. The number of nitrogens with zero attached hydrogens (tertiary/aromatic N) is 2. The van der Waals surface area contributed by atoms with E-state index in [4.69, 9.17) is 0 Å². The molecule has 0 aliphatic heterocycles. The van der Waals surface area contributed by atoms with Gasteiger partial charge >= 0.3 is 0 Å². The van der Waals surface area contributed by atoms with Crippen molar-refractivity contribution in [1.82, 2.24) is 9.55 Å². The molecule has 5 heteroatoms. The number of hydrogen-bond donors (Lipinski definition) is 1. The van der Waals surface area contributed by atoms with E-state index in [0.29, 0.717) is 0 Å². The largest absolute Gasteiger partial charge is 0.361 e. The minimum Gasteiger partial charge on any atom is -0.361 e. The highest BCUT2D eigenvalue weighted by molar-refractivity contribution is 14.1. The first kappa shape index (κ1) is 9.41. The van der Waals surface area contributed by atoms with Gasteiger partial charge in [0.2, 0.25) is 0 Å². The molecular weight excluding hydrogens is 245 g/mol. The summed E-state index contributed by atoms with van der Waals surface area (Å²) in [6, 6.07) is 0. The fraction of sp³-hybridized carbons (Fsp3) is 0.200. The first-order valence-electron chi connectivity index (χ1n) is 2.50. The Morgan fingerprint density at radius 1 is 1.80 bits per heavy atom. The van der Waals surface area contributed by atoms with Crippen molar-refractivity contribution in [2.75, 3.05) is 0 Å². The highest BCUT2D eigenvalue weighted by Gasteiger charge is 1.69. The van der Waals surface area contributed by atoms with E-state index in [-0.39, 0.29) is 3.91 Å². The third-order valence-corrected chi connectivity index (χ3v) is 0.637. The molecule has 1 aromatic heterocycles. The molecule has 2 N–H and O–H groups in total. The number of halogens is 1. The highest BCUT2D eigenvalue weighted by atomic mass is 127. The summed E-state index contributed by atoms with van der Waals surface area (Å²) < 4.78 is 1.53. The van der Waals surface area contributed by atoms with Crippen LogP contribution >= 0.6 is 22.6 Å². The number of aryl methyl sites for hydroxylation is 1. The van der Waals surface area contributed by atoms with Crippen LogP contribution in [0.2, 0.25) is 0 Å². The Kier molecular flexibility index (Phi) is 4.91. The number of aromatic nitrogens is 2. The van der Waals surface area contributed by atoms with E-state index in [1.54, 1.807) is 12.5 Å². The average Bonchev–Trinajstić information content (AvgIpc) is 2.15. The van der Waals surface area contributed by atoms with Crippen molar-refractivity contribution in [1.29, 1.82) is 0 Å². The number of rotatable bonds is 0. The van der Waals surface area contributed by atoms with Crippen LogP contribution in [-0.4, -0.2) is 13.5 Å². The summed E-state index contributed by atoms with van der Waals surface area (Å²) in [5, 5.41) is 0.